The average Bonchev–Trinajstić information content (AvgIpc) is 2.50. The first-order chi connectivity index (χ1) is 10.5. The number of piperazine rings is 1. The molecule has 116 valence electrons. The number of rotatable bonds is 2. The molecule has 0 radical (unpaired) electrons. The Labute approximate surface area is 130 Å². The molecule has 1 aromatic heterocycles. The largest absolute Gasteiger partial charge is 0.397 e. The first-order valence-electron chi connectivity index (χ1n) is 7.48. The lowest BCUT2D eigenvalue weighted by Gasteiger charge is -2.33. The molecule has 1 saturated heterocycles. The summed E-state index contributed by atoms with van der Waals surface area (Å²) in [5.74, 6) is 1.70. The van der Waals surface area contributed by atoms with Gasteiger partial charge < -0.3 is 21.3 Å². The number of likely N-dealkylation sites (N-methyl/N-ethyl adjacent to an activating group) is 1. The fraction of sp³-hybridized carbons (Fsp3) is 0.375. The van der Waals surface area contributed by atoms with Crippen molar-refractivity contribution in [3.63, 3.8) is 0 Å². The van der Waals surface area contributed by atoms with Gasteiger partial charge in [0.05, 0.1) is 17.1 Å². The van der Waals surface area contributed by atoms with E-state index < -0.39 is 0 Å². The van der Waals surface area contributed by atoms with Crippen LogP contribution in [0.1, 0.15) is 5.82 Å². The van der Waals surface area contributed by atoms with Gasteiger partial charge in [0.2, 0.25) is 0 Å². The van der Waals surface area contributed by atoms with E-state index in [0.29, 0.717) is 11.4 Å². The van der Waals surface area contributed by atoms with Gasteiger partial charge in [0.15, 0.2) is 0 Å². The van der Waals surface area contributed by atoms with Gasteiger partial charge >= 0.3 is 0 Å². The molecule has 4 N–H and O–H groups in total. The number of aromatic nitrogens is 2. The summed E-state index contributed by atoms with van der Waals surface area (Å²) in [6.45, 7) is 5.93. The summed E-state index contributed by atoms with van der Waals surface area (Å²) in [5.41, 5.74) is 14.9. The molecule has 1 aromatic carbocycles. The minimum Gasteiger partial charge on any atom is -0.397 e. The fourth-order valence-electron chi connectivity index (χ4n) is 2.69. The third-order valence-corrected chi connectivity index (χ3v) is 4.07. The molecule has 0 spiro atoms. The Hall–Kier alpha value is -2.34. The SMILES string of the molecule is Cc1nc(-c2cccc(N)c2N)cc(N2CCN(C)CC2)n1. The smallest absolute Gasteiger partial charge is 0.132 e. The number of nitrogens with zero attached hydrogens (tertiary/aromatic N) is 4. The van der Waals surface area contributed by atoms with Gasteiger partial charge in [-0.05, 0) is 20.0 Å². The van der Waals surface area contributed by atoms with E-state index in [-0.39, 0.29) is 0 Å². The maximum Gasteiger partial charge on any atom is 0.132 e. The number of para-hydroxylation sites is 1. The van der Waals surface area contributed by atoms with Gasteiger partial charge in [-0.1, -0.05) is 12.1 Å². The Morgan fingerprint density at radius 2 is 1.77 bits per heavy atom. The van der Waals surface area contributed by atoms with E-state index in [1.165, 1.54) is 0 Å². The minimum absolute atomic E-state index is 0.574. The van der Waals surface area contributed by atoms with E-state index in [4.69, 9.17) is 11.5 Å². The van der Waals surface area contributed by atoms with Gasteiger partial charge in [0.25, 0.3) is 0 Å². The normalized spacial score (nSPS) is 16.0. The van der Waals surface area contributed by atoms with Crippen molar-refractivity contribution in [2.24, 2.45) is 0 Å². The van der Waals surface area contributed by atoms with Gasteiger partial charge in [-0.25, -0.2) is 9.97 Å². The van der Waals surface area contributed by atoms with Crippen molar-refractivity contribution < 1.29 is 0 Å². The summed E-state index contributed by atoms with van der Waals surface area (Å²) in [7, 11) is 2.14. The predicted molar refractivity (Wildman–Crippen MR) is 90.7 cm³/mol. The summed E-state index contributed by atoms with van der Waals surface area (Å²) in [6, 6.07) is 7.65. The second-order valence-electron chi connectivity index (χ2n) is 5.76. The second-order valence-corrected chi connectivity index (χ2v) is 5.76. The molecule has 1 aliphatic rings. The van der Waals surface area contributed by atoms with E-state index in [2.05, 4.69) is 26.8 Å². The summed E-state index contributed by atoms with van der Waals surface area (Å²) >= 11 is 0. The average molecular weight is 298 g/mol. The first-order valence-corrected chi connectivity index (χ1v) is 7.48. The second kappa shape index (κ2) is 5.81. The Balaban J connectivity index is 1.98. The Bertz CT molecular complexity index is 676. The zero-order chi connectivity index (χ0) is 15.7. The van der Waals surface area contributed by atoms with E-state index >= 15 is 0 Å². The van der Waals surface area contributed by atoms with Crippen molar-refractivity contribution in [3.05, 3.63) is 30.1 Å². The molecule has 1 aliphatic heterocycles. The highest BCUT2D eigenvalue weighted by Crippen LogP contribution is 2.30. The minimum atomic E-state index is 0.574. The molecule has 2 aromatic rings. The van der Waals surface area contributed by atoms with Crippen LogP contribution in [0.15, 0.2) is 24.3 Å². The first kappa shape index (κ1) is 14.6. The molecule has 1 fully saturated rings. The third kappa shape index (κ3) is 2.82. The highest BCUT2D eigenvalue weighted by Gasteiger charge is 2.17. The van der Waals surface area contributed by atoms with Gasteiger partial charge in [0, 0.05) is 37.8 Å². The third-order valence-electron chi connectivity index (χ3n) is 4.07. The van der Waals surface area contributed by atoms with Crippen molar-refractivity contribution in [1.82, 2.24) is 14.9 Å². The van der Waals surface area contributed by atoms with Gasteiger partial charge in [-0.15, -0.1) is 0 Å². The van der Waals surface area contributed by atoms with E-state index in [0.717, 1.165) is 49.1 Å². The zero-order valence-corrected chi connectivity index (χ0v) is 13.1. The number of aryl methyl sites for hydroxylation is 1. The number of nitrogen functional groups attached to an aromatic ring is 2. The number of hydrogen-bond acceptors (Lipinski definition) is 6. The molecular formula is C16H22N6. The van der Waals surface area contributed by atoms with E-state index in [9.17, 15) is 0 Å². The number of benzene rings is 1. The zero-order valence-electron chi connectivity index (χ0n) is 13.1. The summed E-state index contributed by atoms with van der Waals surface area (Å²) in [4.78, 5) is 13.7. The van der Waals surface area contributed by atoms with Crippen molar-refractivity contribution in [3.8, 4) is 11.3 Å². The van der Waals surface area contributed by atoms with E-state index in [1.54, 1.807) is 6.07 Å². The van der Waals surface area contributed by atoms with E-state index in [1.807, 2.05) is 25.1 Å². The van der Waals surface area contributed by atoms with Crippen molar-refractivity contribution >= 4 is 17.2 Å². The lowest BCUT2D eigenvalue weighted by Crippen LogP contribution is -2.44. The van der Waals surface area contributed by atoms with Crippen LogP contribution in [0.3, 0.4) is 0 Å². The molecule has 3 rings (SSSR count). The van der Waals surface area contributed by atoms with Crippen LogP contribution in [-0.2, 0) is 0 Å². The lowest BCUT2D eigenvalue weighted by molar-refractivity contribution is 0.312. The topological polar surface area (TPSA) is 84.3 Å². The molecule has 0 unspecified atom stereocenters. The molecule has 0 amide bonds. The highest BCUT2D eigenvalue weighted by atomic mass is 15.3. The molecule has 6 nitrogen and oxygen atoms in total. The molecular weight excluding hydrogens is 276 g/mol. The fourth-order valence-corrected chi connectivity index (χ4v) is 2.69. The Kier molecular flexibility index (Phi) is 3.85. The van der Waals surface area contributed by atoms with Crippen LogP contribution < -0.4 is 16.4 Å². The van der Waals surface area contributed by atoms with Crippen LogP contribution in [0.5, 0.6) is 0 Å². The Morgan fingerprint density at radius 1 is 1.05 bits per heavy atom. The van der Waals surface area contributed by atoms with Crippen LogP contribution in [-0.4, -0.2) is 48.1 Å². The maximum atomic E-state index is 6.11. The Morgan fingerprint density at radius 3 is 2.50 bits per heavy atom. The lowest BCUT2D eigenvalue weighted by atomic mass is 10.1. The van der Waals surface area contributed by atoms with Gasteiger partial charge in [0.1, 0.15) is 11.6 Å². The predicted octanol–water partition coefficient (Wildman–Crippen LogP) is 1.37. The van der Waals surface area contributed by atoms with Crippen molar-refractivity contribution in [1.29, 1.82) is 0 Å². The molecule has 0 saturated carbocycles. The molecule has 0 bridgehead atoms. The maximum absolute atomic E-state index is 6.11. The number of nitrogens with two attached hydrogens (primary N) is 2. The summed E-state index contributed by atoms with van der Waals surface area (Å²) in [5, 5.41) is 0. The van der Waals surface area contributed by atoms with Crippen molar-refractivity contribution in [2.45, 2.75) is 6.92 Å². The monoisotopic (exact) mass is 298 g/mol. The highest BCUT2D eigenvalue weighted by molar-refractivity contribution is 5.83. The molecule has 2 heterocycles. The van der Waals surface area contributed by atoms with Gasteiger partial charge in [-0.2, -0.15) is 0 Å². The quantitative estimate of drug-likeness (QED) is 0.815. The van der Waals surface area contributed by atoms with Crippen LogP contribution in [0.25, 0.3) is 11.3 Å². The van der Waals surface area contributed by atoms with Crippen LogP contribution in [0.2, 0.25) is 0 Å². The standard InChI is InChI=1S/C16H22N6/c1-11-19-14(12-4-3-5-13(17)16(12)18)10-15(20-11)22-8-6-21(2)7-9-22/h3-5,10H,6-9,17-18H2,1-2H3. The molecule has 0 atom stereocenters. The van der Waals surface area contributed by atoms with Crippen LogP contribution in [0.4, 0.5) is 17.2 Å². The van der Waals surface area contributed by atoms with Crippen LogP contribution in [0, 0.1) is 6.92 Å². The number of anilines is 3. The van der Waals surface area contributed by atoms with Crippen LogP contribution >= 0.6 is 0 Å². The number of hydrogen-bond donors (Lipinski definition) is 2. The summed E-state index contributed by atoms with van der Waals surface area (Å²) < 4.78 is 0. The molecule has 22 heavy (non-hydrogen) atoms. The molecule has 0 aliphatic carbocycles. The summed E-state index contributed by atoms with van der Waals surface area (Å²) in [6.07, 6.45) is 0. The molecule has 6 heteroatoms. The van der Waals surface area contributed by atoms with Crippen molar-refractivity contribution in [2.75, 3.05) is 49.6 Å². The van der Waals surface area contributed by atoms with Gasteiger partial charge in [-0.3, -0.25) is 0 Å².